The van der Waals surface area contributed by atoms with Crippen molar-refractivity contribution in [3.63, 3.8) is 0 Å². The van der Waals surface area contributed by atoms with Gasteiger partial charge in [-0.15, -0.1) is 0 Å². The zero-order valence-corrected chi connectivity index (χ0v) is 9.90. The van der Waals surface area contributed by atoms with Crippen LogP contribution in [0.25, 0.3) is 0 Å². The molecule has 82 valence electrons. The largest absolute Gasteiger partial charge is 0.398 e. The lowest BCUT2D eigenvalue weighted by atomic mass is 10.0. The Labute approximate surface area is 97.4 Å². The molecule has 1 saturated heterocycles. The number of hydrogen-bond acceptors (Lipinski definition) is 3. The molecule has 0 aliphatic carbocycles. The molecule has 2 unspecified atom stereocenters. The van der Waals surface area contributed by atoms with Crippen molar-refractivity contribution in [2.24, 2.45) is 0 Å². The number of benzene rings is 1. The third kappa shape index (κ3) is 2.33. The maximum absolute atomic E-state index is 10.1. The molecule has 1 aromatic rings. The molecular formula is C11H14BrNO2. The van der Waals surface area contributed by atoms with Crippen molar-refractivity contribution in [1.29, 1.82) is 0 Å². The summed E-state index contributed by atoms with van der Waals surface area (Å²) in [6, 6.07) is 5.50. The van der Waals surface area contributed by atoms with Crippen molar-refractivity contribution >= 4 is 21.6 Å². The fourth-order valence-corrected chi connectivity index (χ4v) is 2.23. The van der Waals surface area contributed by atoms with Gasteiger partial charge in [-0.3, -0.25) is 0 Å². The van der Waals surface area contributed by atoms with E-state index in [0.717, 1.165) is 29.5 Å². The number of ether oxygens (including phenoxy) is 1. The zero-order valence-electron chi connectivity index (χ0n) is 8.32. The van der Waals surface area contributed by atoms with E-state index in [0.29, 0.717) is 5.69 Å². The van der Waals surface area contributed by atoms with Gasteiger partial charge in [0.25, 0.3) is 0 Å². The summed E-state index contributed by atoms with van der Waals surface area (Å²) in [5.41, 5.74) is 7.18. The Morgan fingerprint density at radius 1 is 1.53 bits per heavy atom. The van der Waals surface area contributed by atoms with Crippen LogP contribution in [0.2, 0.25) is 0 Å². The first-order valence-electron chi connectivity index (χ1n) is 5.03. The number of nitrogens with two attached hydrogens (primary N) is 1. The summed E-state index contributed by atoms with van der Waals surface area (Å²) in [6.45, 7) is 0.732. The molecule has 1 heterocycles. The fraction of sp³-hybridized carbons (Fsp3) is 0.455. The number of nitrogen functional groups attached to an aromatic ring is 1. The molecule has 0 amide bonds. The van der Waals surface area contributed by atoms with E-state index < -0.39 is 6.10 Å². The Hall–Kier alpha value is -0.580. The van der Waals surface area contributed by atoms with Crippen LogP contribution >= 0.6 is 15.9 Å². The molecule has 2 atom stereocenters. The number of aliphatic hydroxyl groups is 1. The van der Waals surface area contributed by atoms with Crippen LogP contribution in [0.15, 0.2) is 22.7 Å². The molecule has 4 heteroatoms. The molecule has 1 fully saturated rings. The van der Waals surface area contributed by atoms with Crippen LogP contribution in [0.1, 0.15) is 24.5 Å². The van der Waals surface area contributed by atoms with Crippen molar-refractivity contribution < 1.29 is 9.84 Å². The lowest BCUT2D eigenvalue weighted by Gasteiger charge is -2.19. The van der Waals surface area contributed by atoms with E-state index in [1.54, 1.807) is 6.07 Å². The average molecular weight is 272 g/mol. The van der Waals surface area contributed by atoms with Crippen molar-refractivity contribution in [2.75, 3.05) is 12.3 Å². The van der Waals surface area contributed by atoms with E-state index in [1.165, 1.54) is 0 Å². The predicted octanol–water partition coefficient (Wildman–Crippen LogP) is 2.24. The minimum atomic E-state index is -0.620. The van der Waals surface area contributed by atoms with Crippen LogP contribution in [-0.2, 0) is 4.74 Å². The Bertz CT molecular complexity index is 350. The second kappa shape index (κ2) is 4.51. The Balaban J connectivity index is 2.23. The van der Waals surface area contributed by atoms with Gasteiger partial charge in [-0.25, -0.2) is 0 Å². The zero-order chi connectivity index (χ0) is 10.8. The Morgan fingerprint density at radius 3 is 3.00 bits per heavy atom. The highest BCUT2D eigenvalue weighted by molar-refractivity contribution is 9.10. The molecule has 2 rings (SSSR count). The maximum Gasteiger partial charge on any atom is 0.107 e. The molecule has 1 aliphatic heterocycles. The van der Waals surface area contributed by atoms with Gasteiger partial charge in [0.15, 0.2) is 0 Å². The van der Waals surface area contributed by atoms with Crippen LogP contribution < -0.4 is 5.73 Å². The highest BCUT2D eigenvalue weighted by Crippen LogP contribution is 2.31. The predicted molar refractivity (Wildman–Crippen MR) is 62.5 cm³/mol. The summed E-state index contributed by atoms with van der Waals surface area (Å²) in [7, 11) is 0. The SMILES string of the molecule is Nc1ccc(Br)cc1C(O)C1CCCO1. The number of rotatable bonds is 2. The minimum Gasteiger partial charge on any atom is -0.398 e. The molecule has 0 spiro atoms. The summed E-state index contributed by atoms with van der Waals surface area (Å²) in [4.78, 5) is 0. The molecule has 0 radical (unpaired) electrons. The van der Waals surface area contributed by atoms with E-state index in [-0.39, 0.29) is 6.10 Å². The molecule has 15 heavy (non-hydrogen) atoms. The van der Waals surface area contributed by atoms with Gasteiger partial charge in [0.2, 0.25) is 0 Å². The first-order valence-corrected chi connectivity index (χ1v) is 5.82. The molecule has 0 bridgehead atoms. The summed E-state index contributed by atoms with van der Waals surface area (Å²) in [5.74, 6) is 0. The van der Waals surface area contributed by atoms with Crippen LogP contribution in [0.5, 0.6) is 0 Å². The van der Waals surface area contributed by atoms with Gasteiger partial charge >= 0.3 is 0 Å². The van der Waals surface area contributed by atoms with Crippen LogP contribution in [0.4, 0.5) is 5.69 Å². The maximum atomic E-state index is 10.1. The van der Waals surface area contributed by atoms with Crippen LogP contribution in [-0.4, -0.2) is 17.8 Å². The highest BCUT2D eigenvalue weighted by atomic mass is 79.9. The number of anilines is 1. The van der Waals surface area contributed by atoms with Gasteiger partial charge in [0.05, 0.1) is 6.10 Å². The topological polar surface area (TPSA) is 55.5 Å². The quantitative estimate of drug-likeness (QED) is 0.812. The number of hydrogen-bond donors (Lipinski definition) is 2. The summed E-state index contributed by atoms with van der Waals surface area (Å²) in [5, 5.41) is 10.1. The lowest BCUT2D eigenvalue weighted by molar-refractivity contribution is -0.00224. The molecule has 0 saturated carbocycles. The molecule has 1 aliphatic rings. The van der Waals surface area contributed by atoms with Gasteiger partial charge in [-0.2, -0.15) is 0 Å². The Kier molecular flexibility index (Phi) is 3.29. The molecule has 1 aromatic carbocycles. The second-order valence-electron chi connectivity index (χ2n) is 3.77. The molecule has 3 nitrogen and oxygen atoms in total. The van der Waals surface area contributed by atoms with E-state index in [2.05, 4.69) is 15.9 Å². The highest BCUT2D eigenvalue weighted by Gasteiger charge is 2.26. The fourth-order valence-electron chi connectivity index (χ4n) is 1.85. The van der Waals surface area contributed by atoms with Gasteiger partial charge in [-0.1, -0.05) is 15.9 Å². The van der Waals surface area contributed by atoms with Gasteiger partial charge in [0, 0.05) is 22.3 Å². The summed E-state index contributed by atoms with van der Waals surface area (Å²) >= 11 is 3.37. The monoisotopic (exact) mass is 271 g/mol. The van der Waals surface area contributed by atoms with E-state index in [1.807, 2.05) is 12.1 Å². The lowest BCUT2D eigenvalue weighted by Crippen LogP contribution is -2.18. The normalized spacial score (nSPS) is 22.9. The molecule has 3 N–H and O–H groups in total. The van der Waals surface area contributed by atoms with Gasteiger partial charge in [0.1, 0.15) is 6.10 Å². The second-order valence-corrected chi connectivity index (χ2v) is 4.69. The third-order valence-electron chi connectivity index (χ3n) is 2.68. The molecule has 0 aromatic heterocycles. The Morgan fingerprint density at radius 2 is 2.33 bits per heavy atom. The van der Waals surface area contributed by atoms with Crippen molar-refractivity contribution in [3.8, 4) is 0 Å². The number of aliphatic hydroxyl groups excluding tert-OH is 1. The smallest absolute Gasteiger partial charge is 0.107 e. The minimum absolute atomic E-state index is 0.110. The van der Waals surface area contributed by atoms with Crippen molar-refractivity contribution in [2.45, 2.75) is 25.0 Å². The van der Waals surface area contributed by atoms with Crippen LogP contribution in [0.3, 0.4) is 0 Å². The van der Waals surface area contributed by atoms with E-state index in [4.69, 9.17) is 10.5 Å². The third-order valence-corrected chi connectivity index (χ3v) is 3.18. The average Bonchev–Trinajstić information content (AvgIpc) is 2.74. The van der Waals surface area contributed by atoms with Crippen molar-refractivity contribution in [3.05, 3.63) is 28.2 Å². The molecular weight excluding hydrogens is 258 g/mol. The van der Waals surface area contributed by atoms with E-state index >= 15 is 0 Å². The summed E-state index contributed by atoms with van der Waals surface area (Å²) in [6.07, 6.45) is 1.18. The summed E-state index contributed by atoms with van der Waals surface area (Å²) < 4.78 is 6.36. The first-order chi connectivity index (χ1) is 7.18. The van der Waals surface area contributed by atoms with Crippen molar-refractivity contribution in [1.82, 2.24) is 0 Å². The van der Waals surface area contributed by atoms with E-state index in [9.17, 15) is 5.11 Å². The van der Waals surface area contributed by atoms with Crippen LogP contribution in [0, 0.1) is 0 Å². The van der Waals surface area contributed by atoms with Gasteiger partial charge < -0.3 is 15.6 Å². The van der Waals surface area contributed by atoms with Gasteiger partial charge in [-0.05, 0) is 31.0 Å². The standard InChI is InChI=1S/C11H14BrNO2/c12-7-3-4-9(13)8(6-7)11(14)10-2-1-5-15-10/h3-4,6,10-11,14H,1-2,5,13H2. The first kappa shape index (κ1) is 10.9. The number of halogens is 1.